The molecule has 0 radical (unpaired) electrons. The Hall–Kier alpha value is -1.34. The fourth-order valence-electron chi connectivity index (χ4n) is 1.52. The lowest BCUT2D eigenvalue weighted by atomic mass is 10.2. The number of carbonyl (C=O) groups excluding carboxylic acids is 1. The fraction of sp³-hybridized carbons (Fsp3) is 0.600. The second-order valence-corrected chi connectivity index (χ2v) is 4.57. The zero-order valence-electron chi connectivity index (χ0n) is 9.85. The molecule has 0 saturated carbocycles. The van der Waals surface area contributed by atoms with Gasteiger partial charge in [0.05, 0.1) is 0 Å². The number of carbonyl (C=O) groups is 1. The quantitative estimate of drug-likeness (QED) is 0.615. The van der Waals surface area contributed by atoms with Crippen LogP contribution in [0.15, 0.2) is 0 Å². The van der Waals surface area contributed by atoms with Gasteiger partial charge in [-0.1, -0.05) is 0 Å². The average molecular weight is 258 g/mol. The van der Waals surface area contributed by atoms with Gasteiger partial charge in [0.25, 0.3) is 5.91 Å². The van der Waals surface area contributed by atoms with E-state index in [9.17, 15) is 4.79 Å². The molecule has 1 amide bonds. The maximum Gasteiger partial charge on any atom is 0.255 e. The van der Waals surface area contributed by atoms with Gasteiger partial charge in [-0.3, -0.25) is 4.79 Å². The number of nitrogens with two attached hydrogens (primary N) is 2. The molecule has 0 bridgehead atoms. The minimum atomic E-state index is -0.548. The number of aliphatic hydroxyl groups excluding tert-OH is 1. The molecule has 1 aromatic rings. The highest BCUT2D eigenvalue weighted by Crippen LogP contribution is 2.29. The minimum absolute atomic E-state index is 0.194. The van der Waals surface area contributed by atoms with Crippen LogP contribution in [0.4, 0.5) is 10.8 Å². The van der Waals surface area contributed by atoms with Crippen molar-refractivity contribution in [1.29, 1.82) is 0 Å². The van der Waals surface area contributed by atoms with Gasteiger partial charge in [-0.2, -0.15) is 4.37 Å². The van der Waals surface area contributed by atoms with Gasteiger partial charge in [-0.05, 0) is 30.8 Å². The number of hydrogen-bond donors (Lipinski definition) is 3. The molecule has 6 nitrogen and oxygen atoms in total. The summed E-state index contributed by atoms with van der Waals surface area (Å²) in [6, 6.07) is 0. The Labute approximate surface area is 104 Å². The van der Waals surface area contributed by atoms with E-state index in [1.807, 2.05) is 11.9 Å². The van der Waals surface area contributed by atoms with E-state index < -0.39 is 5.91 Å². The summed E-state index contributed by atoms with van der Waals surface area (Å²) in [5.41, 5.74) is 11.2. The normalized spacial score (nSPS) is 10.5. The predicted molar refractivity (Wildman–Crippen MR) is 69.3 cm³/mol. The molecule has 96 valence electrons. The first kappa shape index (κ1) is 13.7. The van der Waals surface area contributed by atoms with Gasteiger partial charge >= 0.3 is 0 Å². The lowest BCUT2D eigenvalue weighted by Gasteiger charge is -2.17. The topological polar surface area (TPSA) is 105 Å². The Kier molecular flexibility index (Phi) is 5.17. The number of primary amides is 1. The standard InChI is InChI=1S/C10H18N4O2S/c1-14(5-3-2-4-6-15)10-7(9(12)16)8(11)13-17-10/h15H,2-6H2,1H3,(H2,11,13)(H2,12,16). The van der Waals surface area contributed by atoms with Crippen molar-refractivity contribution < 1.29 is 9.90 Å². The Bertz CT molecular complexity index is 380. The van der Waals surface area contributed by atoms with Crippen LogP contribution in [0.25, 0.3) is 0 Å². The van der Waals surface area contributed by atoms with Crippen LogP contribution in [0.1, 0.15) is 29.6 Å². The number of rotatable bonds is 7. The first-order valence-electron chi connectivity index (χ1n) is 5.45. The minimum Gasteiger partial charge on any atom is -0.396 e. The van der Waals surface area contributed by atoms with E-state index in [2.05, 4.69) is 4.37 Å². The summed E-state index contributed by atoms with van der Waals surface area (Å²) in [5.74, 6) is -0.354. The lowest BCUT2D eigenvalue weighted by molar-refractivity contribution is 0.100. The number of nitrogen functional groups attached to an aromatic ring is 1. The van der Waals surface area contributed by atoms with E-state index >= 15 is 0 Å². The van der Waals surface area contributed by atoms with Crippen LogP contribution in [0.3, 0.4) is 0 Å². The third-order valence-corrected chi connectivity index (χ3v) is 3.42. The van der Waals surface area contributed by atoms with Crippen molar-refractivity contribution >= 4 is 28.3 Å². The first-order valence-corrected chi connectivity index (χ1v) is 6.22. The molecule has 0 saturated heterocycles. The van der Waals surface area contributed by atoms with Gasteiger partial charge in [-0.15, -0.1) is 0 Å². The highest BCUT2D eigenvalue weighted by Gasteiger charge is 2.19. The molecule has 0 aromatic carbocycles. The maximum atomic E-state index is 11.2. The Morgan fingerprint density at radius 1 is 1.47 bits per heavy atom. The number of anilines is 2. The van der Waals surface area contributed by atoms with Crippen molar-refractivity contribution in [2.24, 2.45) is 5.73 Å². The zero-order valence-corrected chi connectivity index (χ0v) is 10.7. The Morgan fingerprint density at radius 2 is 2.18 bits per heavy atom. The molecule has 17 heavy (non-hydrogen) atoms. The molecule has 1 aromatic heterocycles. The molecule has 0 aliphatic rings. The summed E-state index contributed by atoms with van der Waals surface area (Å²) in [4.78, 5) is 13.2. The van der Waals surface area contributed by atoms with Crippen LogP contribution in [0.2, 0.25) is 0 Å². The van der Waals surface area contributed by atoms with Crippen LogP contribution < -0.4 is 16.4 Å². The molecule has 1 rings (SSSR count). The van der Waals surface area contributed by atoms with Crippen LogP contribution in [-0.2, 0) is 0 Å². The number of unbranched alkanes of at least 4 members (excludes halogenated alkanes) is 2. The number of aromatic nitrogens is 1. The molecule has 5 N–H and O–H groups in total. The van der Waals surface area contributed by atoms with Crippen LogP contribution in [0.5, 0.6) is 0 Å². The summed E-state index contributed by atoms with van der Waals surface area (Å²) in [7, 11) is 1.87. The fourth-order valence-corrected chi connectivity index (χ4v) is 2.33. The smallest absolute Gasteiger partial charge is 0.255 e. The highest BCUT2D eigenvalue weighted by atomic mass is 32.1. The summed E-state index contributed by atoms with van der Waals surface area (Å²) in [6.07, 6.45) is 2.68. The van der Waals surface area contributed by atoms with Gasteiger partial charge in [0.2, 0.25) is 0 Å². The number of hydrogen-bond acceptors (Lipinski definition) is 6. The number of nitrogens with zero attached hydrogens (tertiary/aromatic N) is 2. The molecule has 1 heterocycles. The van der Waals surface area contributed by atoms with E-state index in [0.717, 1.165) is 25.8 Å². The molecule has 0 fully saturated rings. The lowest BCUT2D eigenvalue weighted by Crippen LogP contribution is -2.22. The number of amides is 1. The van der Waals surface area contributed by atoms with Crippen molar-refractivity contribution in [3.8, 4) is 0 Å². The van der Waals surface area contributed by atoms with Crippen molar-refractivity contribution in [1.82, 2.24) is 4.37 Å². The Balaban J connectivity index is 2.62. The maximum absolute atomic E-state index is 11.2. The summed E-state index contributed by atoms with van der Waals surface area (Å²) >= 11 is 1.18. The van der Waals surface area contributed by atoms with E-state index in [-0.39, 0.29) is 12.4 Å². The monoisotopic (exact) mass is 258 g/mol. The largest absolute Gasteiger partial charge is 0.396 e. The van der Waals surface area contributed by atoms with Gasteiger partial charge in [0.1, 0.15) is 10.6 Å². The molecule has 7 heteroatoms. The predicted octanol–water partition coefficient (Wildman–Crippen LogP) is 0.423. The van der Waals surface area contributed by atoms with E-state index in [4.69, 9.17) is 16.6 Å². The van der Waals surface area contributed by atoms with Gasteiger partial charge in [-0.25, -0.2) is 0 Å². The van der Waals surface area contributed by atoms with Gasteiger partial charge in [0, 0.05) is 20.2 Å². The van der Waals surface area contributed by atoms with Crippen molar-refractivity contribution in [3.05, 3.63) is 5.56 Å². The third-order valence-electron chi connectivity index (χ3n) is 2.45. The molecule has 0 unspecified atom stereocenters. The van der Waals surface area contributed by atoms with Gasteiger partial charge < -0.3 is 21.5 Å². The van der Waals surface area contributed by atoms with Crippen molar-refractivity contribution in [2.45, 2.75) is 19.3 Å². The highest BCUT2D eigenvalue weighted by molar-refractivity contribution is 7.11. The van der Waals surface area contributed by atoms with Crippen molar-refractivity contribution in [3.63, 3.8) is 0 Å². The second kappa shape index (κ2) is 6.41. The Morgan fingerprint density at radius 3 is 2.76 bits per heavy atom. The average Bonchev–Trinajstić information content (AvgIpc) is 2.66. The zero-order chi connectivity index (χ0) is 12.8. The molecule has 0 spiro atoms. The molecule has 0 atom stereocenters. The van der Waals surface area contributed by atoms with Crippen molar-refractivity contribution in [2.75, 3.05) is 30.8 Å². The molecule has 0 aliphatic carbocycles. The summed E-state index contributed by atoms with van der Waals surface area (Å²) in [5, 5.41) is 9.38. The van der Waals surface area contributed by atoms with E-state index in [1.165, 1.54) is 11.5 Å². The van der Waals surface area contributed by atoms with E-state index in [1.54, 1.807) is 0 Å². The van der Waals surface area contributed by atoms with E-state index in [0.29, 0.717) is 10.6 Å². The van der Waals surface area contributed by atoms with Crippen LogP contribution in [-0.4, -0.2) is 35.6 Å². The van der Waals surface area contributed by atoms with Gasteiger partial charge in [0.15, 0.2) is 5.82 Å². The summed E-state index contributed by atoms with van der Waals surface area (Å²) < 4.78 is 3.94. The van der Waals surface area contributed by atoms with Crippen LogP contribution in [0, 0.1) is 0 Å². The SMILES string of the molecule is CN(CCCCCO)c1snc(N)c1C(N)=O. The second-order valence-electron chi connectivity index (χ2n) is 3.82. The molecular weight excluding hydrogens is 240 g/mol. The first-order chi connectivity index (χ1) is 8.07. The number of aliphatic hydroxyl groups is 1. The third kappa shape index (κ3) is 3.57. The van der Waals surface area contributed by atoms with Crippen LogP contribution >= 0.6 is 11.5 Å². The molecule has 0 aliphatic heterocycles. The summed E-state index contributed by atoms with van der Waals surface area (Å²) in [6.45, 7) is 0.992. The molecular formula is C10H18N4O2S.